The normalized spacial score (nSPS) is 44.0. The molecule has 0 aromatic heterocycles. The lowest BCUT2D eigenvalue weighted by Crippen LogP contribution is -2.57. The third-order valence-electron chi connectivity index (χ3n) is 12.1. The molecule has 0 heterocycles. The van der Waals surface area contributed by atoms with Crippen LogP contribution < -0.4 is 11.5 Å². The Morgan fingerprint density at radius 2 is 1.70 bits per heavy atom. The van der Waals surface area contributed by atoms with Crippen LogP contribution in [0.25, 0.3) is 0 Å². The first kappa shape index (κ1) is 29.2. The van der Waals surface area contributed by atoms with E-state index in [0.717, 1.165) is 42.9 Å². The van der Waals surface area contributed by atoms with E-state index in [0.29, 0.717) is 34.6 Å². The summed E-state index contributed by atoms with van der Waals surface area (Å²) in [6, 6.07) is 0.374. The molecule has 10 atom stereocenters. The Kier molecular flexibility index (Phi) is 9.28. The minimum Gasteiger partial charge on any atom is -0.327 e. The molecule has 4 aliphatic carbocycles. The van der Waals surface area contributed by atoms with Gasteiger partial charge >= 0.3 is 0 Å². The van der Waals surface area contributed by atoms with Crippen LogP contribution in [0, 0.1) is 64.1 Å². The highest BCUT2D eigenvalue weighted by molar-refractivity contribution is 5.22. The van der Waals surface area contributed by atoms with Gasteiger partial charge in [0.05, 0.1) is 0 Å². The van der Waals surface area contributed by atoms with E-state index in [4.69, 9.17) is 11.5 Å². The fraction of sp³-hybridized carbons (Fsp3) is 0.886. The fourth-order valence-corrected chi connectivity index (χ4v) is 9.79. The summed E-state index contributed by atoms with van der Waals surface area (Å²) in [5.74, 6) is 12.3. The first-order valence-corrected chi connectivity index (χ1v) is 16.2. The Hall–Kier alpha value is -0.780. The molecule has 3 saturated carbocycles. The van der Waals surface area contributed by atoms with Crippen LogP contribution in [-0.4, -0.2) is 11.6 Å². The SMILES string of the molecule is CCCC=CCCC1(N)CCC2(C)CC1C#CC(C)C1C2CCC2(C)C(C(N)CCCC(C)C)CCC12. The Morgan fingerprint density at radius 3 is 2.43 bits per heavy atom. The van der Waals surface area contributed by atoms with Gasteiger partial charge in [0.25, 0.3) is 0 Å². The summed E-state index contributed by atoms with van der Waals surface area (Å²) in [4.78, 5) is 0. The van der Waals surface area contributed by atoms with E-state index >= 15 is 0 Å². The Labute approximate surface area is 230 Å². The zero-order valence-corrected chi connectivity index (χ0v) is 25.3. The molecule has 37 heavy (non-hydrogen) atoms. The van der Waals surface area contributed by atoms with E-state index in [1.807, 2.05) is 0 Å². The van der Waals surface area contributed by atoms with Crippen molar-refractivity contribution in [1.29, 1.82) is 0 Å². The smallest absolute Gasteiger partial charge is 0.0388 e. The van der Waals surface area contributed by atoms with E-state index in [9.17, 15) is 0 Å². The van der Waals surface area contributed by atoms with Gasteiger partial charge in [0.1, 0.15) is 0 Å². The molecule has 0 aromatic carbocycles. The van der Waals surface area contributed by atoms with Crippen LogP contribution in [0.4, 0.5) is 0 Å². The van der Waals surface area contributed by atoms with Crippen molar-refractivity contribution in [3.63, 3.8) is 0 Å². The van der Waals surface area contributed by atoms with Gasteiger partial charge in [-0.05, 0) is 111 Å². The van der Waals surface area contributed by atoms with Gasteiger partial charge in [0.2, 0.25) is 0 Å². The van der Waals surface area contributed by atoms with Crippen molar-refractivity contribution in [1.82, 2.24) is 0 Å². The van der Waals surface area contributed by atoms with Crippen LogP contribution in [0.5, 0.6) is 0 Å². The number of rotatable bonds is 10. The molecule has 4 rings (SSSR count). The zero-order chi connectivity index (χ0) is 26.8. The summed E-state index contributed by atoms with van der Waals surface area (Å²) in [5.41, 5.74) is 14.8. The molecule has 0 radical (unpaired) electrons. The van der Waals surface area contributed by atoms with Gasteiger partial charge in [-0.3, -0.25) is 0 Å². The minimum atomic E-state index is -0.111. The second kappa shape index (κ2) is 11.8. The number of unbranched alkanes of at least 4 members (excludes halogenated alkanes) is 1. The molecule has 2 bridgehead atoms. The van der Waals surface area contributed by atoms with Crippen molar-refractivity contribution in [2.75, 3.05) is 0 Å². The number of fused-ring (bicyclic) bond motifs is 6. The molecule has 0 saturated heterocycles. The highest BCUT2D eigenvalue weighted by atomic mass is 14.8. The summed E-state index contributed by atoms with van der Waals surface area (Å²) < 4.78 is 0. The molecular formula is C35H60N2. The fourth-order valence-electron chi connectivity index (χ4n) is 9.79. The van der Waals surface area contributed by atoms with Crippen molar-refractivity contribution < 1.29 is 0 Å². The maximum atomic E-state index is 7.18. The standard InChI is InChI=1S/C35H60N2/c1-7-8-9-10-11-20-35(37)23-22-33(5)24-27(35)16-15-26(4)32-29(33)19-21-34(6)28(17-18-30(32)34)31(36)14-12-13-25(2)3/h9-10,25-32H,7-8,11-14,17-24,36-37H2,1-6H3. The summed E-state index contributed by atoms with van der Waals surface area (Å²) in [6.07, 6.45) is 22.2. The largest absolute Gasteiger partial charge is 0.327 e. The lowest BCUT2D eigenvalue weighted by Gasteiger charge is -2.59. The Bertz CT molecular complexity index is 849. The van der Waals surface area contributed by atoms with Crippen molar-refractivity contribution >= 4 is 0 Å². The number of hydrogen-bond acceptors (Lipinski definition) is 2. The van der Waals surface area contributed by atoms with Gasteiger partial charge in [-0.2, -0.15) is 0 Å². The van der Waals surface area contributed by atoms with Crippen molar-refractivity contribution in [3.8, 4) is 11.8 Å². The zero-order valence-electron chi connectivity index (χ0n) is 25.3. The molecule has 10 unspecified atom stereocenters. The molecule has 2 heteroatoms. The molecule has 4 aliphatic rings. The predicted octanol–water partition coefficient (Wildman–Crippen LogP) is 8.49. The van der Waals surface area contributed by atoms with E-state index in [1.165, 1.54) is 70.6 Å². The molecule has 4 N–H and O–H groups in total. The number of allylic oxidation sites excluding steroid dienone is 2. The van der Waals surface area contributed by atoms with E-state index in [2.05, 4.69) is 65.5 Å². The maximum Gasteiger partial charge on any atom is 0.0388 e. The van der Waals surface area contributed by atoms with Gasteiger partial charge in [-0.25, -0.2) is 0 Å². The van der Waals surface area contributed by atoms with E-state index < -0.39 is 0 Å². The maximum absolute atomic E-state index is 7.18. The Morgan fingerprint density at radius 1 is 0.946 bits per heavy atom. The molecule has 0 aromatic rings. The lowest BCUT2D eigenvalue weighted by atomic mass is 9.46. The average Bonchev–Trinajstić information content (AvgIpc) is 3.20. The molecule has 0 aliphatic heterocycles. The first-order valence-electron chi connectivity index (χ1n) is 16.2. The lowest BCUT2D eigenvalue weighted by molar-refractivity contribution is -0.0813. The second-order valence-corrected chi connectivity index (χ2v) is 15.0. The average molecular weight is 509 g/mol. The topological polar surface area (TPSA) is 52.0 Å². The van der Waals surface area contributed by atoms with Crippen molar-refractivity contribution in [2.24, 2.45) is 63.7 Å². The van der Waals surface area contributed by atoms with Crippen LogP contribution in [-0.2, 0) is 0 Å². The second-order valence-electron chi connectivity index (χ2n) is 15.0. The molecule has 0 spiro atoms. The van der Waals surface area contributed by atoms with Crippen molar-refractivity contribution in [3.05, 3.63) is 12.2 Å². The third kappa shape index (κ3) is 5.89. The molecule has 210 valence electrons. The van der Waals surface area contributed by atoms with Gasteiger partial charge in [0.15, 0.2) is 0 Å². The number of nitrogens with two attached hydrogens (primary N) is 2. The first-order chi connectivity index (χ1) is 17.5. The predicted molar refractivity (Wildman–Crippen MR) is 160 cm³/mol. The molecule has 3 fully saturated rings. The number of hydrogen-bond donors (Lipinski definition) is 2. The van der Waals surface area contributed by atoms with Gasteiger partial charge in [-0.1, -0.05) is 84.8 Å². The monoisotopic (exact) mass is 508 g/mol. The third-order valence-corrected chi connectivity index (χ3v) is 12.1. The highest BCUT2D eigenvalue weighted by Gasteiger charge is 2.60. The van der Waals surface area contributed by atoms with Crippen LogP contribution >= 0.6 is 0 Å². The summed E-state index contributed by atoms with van der Waals surface area (Å²) in [5, 5.41) is 0. The van der Waals surface area contributed by atoms with Crippen LogP contribution in [0.1, 0.15) is 131 Å². The van der Waals surface area contributed by atoms with Crippen LogP contribution in [0.15, 0.2) is 12.2 Å². The summed E-state index contributed by atoms with van der Waals surface area (Å²) in [6.45, 7) is 14.7. The minimum absolute atomic E-state index is 0.111. The molecule has 0 amide bonds. The Balaban J connectivity index is 1.52. The molecular weight excluding hydrogens is 448 g/mol. The summed E-state index contributed by atoms with van der Waals surface area (Å²) >= 11 is 0. The quantitative estimate of drug-likeness (QED) is 0.229. The van der Waals surface area contributed by atoms with Crippen molar-refractivity contribution in [2.45, 2.75) is 143 Å². The van der Waals surface area contributed by atoms with E-state index in [-0.39, 0.29) is 5.54 Å². The van der Waals surface area contributed by atoms with E-state index in [1.54, 1.807) is 0 Å². The van der Waals surface area contributed by atoms with Gasteiger partial charge in [0, 0.05) is 23.4 Å². The molecule has 2 nitrogen and oxygen atoms in total. The van der Waals surface area contributed by atoms with Gasteiger partial charge in [-0.15, -0.1) is 0 Å². The van der Waals surface area contributed by atoms with Crippen LogP contribution in [0.2, 0.25) is 0 Å². The van der Waals surface area contributed by atoms with Crippen LogP contribution in [0.3, 0.4) is 0 Å². The van der Waals surface area contributed by atoms with Gasteiger partial charge < -0.3 is 11.5 Å². The summed E-state index contributed by atoms with van der Waals surface area (Å²) in [7, 11) is 0. The highest BCUT2D eigenvalue weighted by Crippen LogP contribution is 2.66.